The molecule has 0 spiro atoms. The molecule has 8 rings (SSSR count). The summed E-state index contributed by atoms with van der Waals surface area (Å²) >= 11 is 0. The molecule has 0 bridgehead atoms. The van der Waals surface area contributed by atoms with Gasteiger partial charge < -0.3 is 5.11 Å². The standard InChI is InChI=1S/C54H52N3O.Pt/c1-10-36-32-44(23-24-45(36)38-15-12-11-13-16-38)57-49-18-14-17-46(50(49)56-52(57)47-28-34(2)27-35(3)51(47)58)40-29-41(31-43(30-40)54(7,8)9)48-33-39(25-26-55-48)37-19-21-42(22-20-37)53(4,5)6;/h11-28,30-33,58H,10H2,1-9H3;/q-1;/i4D3,5D3,6D3,19D,20D,21D,22D,25D,26D,33D;. The van der Waals surface area contributed by atoms with Crippen LogP contribution in [0.3, 0.4) is 0 Å². The predicted molar refractivity (Wildman–Crippen MR) is 243 cm³/mol. The summed E-state index contributed by atoms with van der Waals surface area (Å²) in [5.74, 6) is 0.522. The Bertz CT molecular complexity index is 3490. The molecular formula is C54H52N3OPt-. The molecule has 0 aliphatic carbocycles. The number of imidazole rings is 1. The second-order valence-corrected chi connectivity index (χ2v) is 15.6. The summed E-state index contributed by atoms with van der Waals surface area (Å²) in [6.45, 7) is -0.0107. The van der Waals surface area contributed by atoms with Crippen molar-refractivity contribution in [2.45, 2.75) is 79.3 Å². The van der Waals surface area contributed by atoms with E-state index >= 15 is 0 Å². The number of hydrogen-bond donors (Lipinski definition) is 1. The molecule has 0 aliphatic rings. The predicted octanol–water partition coefficient (Wildman–Crippen LogP) is 14.0. The molecule has 2 heterocycles. The third-order valence-corrected chi connectivity index (χ3v) is 10.3. The van der Waals surface area contributed by atoms with Gasteiger partial charge in [-0.2, -0.15) is 0 Å². The minimum absolute atomic E-state index is 0. The molecule has 0 unspecified atom stereocenters. The van der Waals surface area contributed by atoms with Crippen molar-refractivity contribution in [3.8, 4) is 67.5 Å². The van der Waals surface area contributed by atoms with Crippen molar-refractivity contribution in [1.82, 2.24) is 14.5 Å². The van der Waals surface area contributed by atoms with Gasteiger partial charge in [-0.3, -0.25) is 9.55 Å². The maximum absolute atomic E-state index is 11.7. The van der Waals surface area contributed by atoms with Gasteiger partial charge in [-0.1, -0.05) is 144 Å². The Morgan fingerprint density at radius 3 is 2.19 bits per heavy atom. The molecule has 0 amide bonds. The first kappa shape index (κ1) is 25.8. The number of benzene rings is 6. The molecule has 0 atom stereocenters. The maximum Gasteiger partial charge on any atom is 0.148 e. The monoisotopic (exact) mass is 969 g/mol. The third kappa shape index (κ3) is 8.21. The van der Waals surface area contributed by atoms with E-state index in [1.54, 1.807) is 6.07 Å². The number of phenolic OH excluding ortho intramolecular Hbond substituents is 1. The zero-order chi connectivity index (χ0) is 54.5. The van der Waals surface area contributed by atoms with Crippen LogP contribution in [0.1, 0.15) is 98.0 Å². The van der Waals surface area contributed by atoms with E-state index in [0.717, 1.165) is 34.4 Å². The van der Waals surface area contributed by atoms with Gasteiger partial charge in [0.15, 0.2) is 0 Å². The Morgan fingerprint density at radius 1 is 0.729 bits per heavy atom. The first-order chi connectivity index (χ1) is 34.4. The molecule has 8 aromatic rings. The van der Waals surface area contributed by atoms with Gasteiger partial charge in [0.05, 0.1) is 26.2 Å². The second-order valence-electron chi connectivity index (χ2n) is 15.6. The first-order valence-electron chi connectivity index (χ1n) is 27.1. The number of aromatic nitrogens is 3. The van der Waals surface area contributed by atoms with Gasteiger partial charge in [0.1, 0.15) is 11.6 Å². The third-order valence-electron chi connectivity index (χ3n) is 10.3. The fourth-order valence-corrected chi connectivity index (χ4v) is 7.27. The molecule has 5 heteroatoms. The topological polar surface area (TPSA) is 50.9 Å². The summed E-state index contributed by atoms with van der Waals surface area (Å²) in [6, 6.07) is 26.4. The van der Waals surface area contributed by atoms with Crippen LogP contribution in [0.4, 0.5) is 0 Å². The summed E-state index contributed by atoms with van der Waals surface area (Å²) in [4.78, 5) is 9.65. The Labute approximate surface area is 386 Å². The molecule has 59 heavy (non-hydrogen) atoms. The van der Waals surface area contributed by atoms with Crippen molar-refractivity contribution in [3.63, 3.8) is 0 Å². The smallest absolute Gasteiger partial charge is 0.148 e. The van der Waals surface area contributed by atoms with E-state index < -0.39 is 90.5 Å². The van der Waals surface area contributed by atoms with Crippen LogP contribution >= 0.6 is 0 Å². The quantitative estimate of drug-likeness (QED) is 0.162. The summed E-state index contributed by atoms with van der Waals surface area (Å²) in [5, 5.41) is 11.7. The molecule has 0 saturated heterocycles. The van der Waals surface area contributed by atoms with Crippen molar-refractivity contribution in [3.05, 3.63) is 167 Å². The Hall–Kier alpha value is -5.57. The van der Waals surface area contributed by atoms with Crippen molar-refractivity contribution < 1.29 is 48.1 Å². The van der Waals surface area contributed by atoms with E-state index in [9.17, 15) is 6.48 Å². The van der Waals surface area contributed by atoms with Gasteiger partial charge in [-0.05, 0) is 106 Å². The SMILES string of the molecule is [2H]c1nc(-c2[c-]c(-c3cccc4c3nc(-c3cc(C)cc(C)c3O)n4-c3ccc(-c4ccccc4)c(CC)c3)cc(C(C)(C)C)c2)c([2H])c(-c2c([2H])c([2H])c(C(C([2H])([2H])[2H])(C([2H])([2H])[2H])C([2H])([2H])[2H])c([2H])c2[2H])c1[2H].[Pt]. The molecule has 6 aromatic carbocycles. The van der Waals surface area contributed by atoms with Crippen LogP contribution in [0.2, 0.25) is 0 Å². The van der Waals surface area contributed by atoms with Crippen molar-refractivity contribution in [2.24, 2.45) is 0 Å². The number of hydrogen-bond acceptors (Lipinski definition) is 3. The van der Waals surface area contributed by atoms with Gasteiger partial charge in [0, 0.05) is 51.0 Å². The van der Waals surface area contributed by atoms with Gasteiger partial charge in [0.2, 0.25) is 0 Å². The molecule has 300 valence electrons. The average Bonchev–Trinajstić information content (AvgIpc) is 3.71. The van der Waals surface area contributed by atoms with E-state index in [-0.39, 0.29) is 38.1 Å². The number of pyridine rings is 1. The fraction of sp³-hybridized carbons (Fsp3) is 0.222. The largest absolute Gasteiger partial charge is 0.507 e. The summed E-state index contributed by atoms with van der Waals surface area (Å²) in [7, 11) is 0. The molecule has 0 saturated carbocycles. The normalized spacial score (nSPS) is 16.4. The number of aromatic hydroxyl groups is 1. The van der Waals surface area contributed by atoms with Crippen LogP contribution in [0.25, 0.3) is 72.7 Å². The van der Waals surface area contributed by atoms with Crippen molar-refractivity contribution in [2.75, 3.05) is 0 Å². The van der Waals surface area contributed by atoms with Crippen LogP contribution < -0.4 is 0 Å². The summed E-state index contributed by atoms with van der Waals surface area (Å²) < 4.78 is 140. The van der Waals surface area contributed by atoms with E-state index in [0.29, 0.717) is 44.7 Å². The van der Waals surface area contributed by atoms with Crippen LogP contribution in [0, 0.1) is 19.9 Å². The summed E-state index contributed by atoms with van der Waals surface area (Å²) in [5.41, 5.74) is 1.69. The van der Waals surface area contributed by atoms with Gasteiger partial charge in [-0.25, -0.2) is 4.98 Å². The zero-order valence-electron chi connectivity index (χ0n) is 49.5. The van der Waals surface area contributed by atoms with Gasteiger partial charge in [0.25, 0.3) is 0 Å². The minimum atomic E-state index is -3.92. The molecule has 2 aromatic heterocycles. The Morgan fingerprint density at radius 2 is 1.47 bits per heavy atom. The maximum atomic E-state index is 11.7. The average molecular weight is 970 g/mol. The zero-order valence-corrected chi connectivity index (χ0v) is 35.7. The van der Waals surface area contributed by atoms with Crippen LogP contribution in [-0.4, -0.2) is 19.6 Å². The van der Waals surface area contributed by atoms with Crippen LogP contribution in [-0.2, 0) is 38.3 Å². The minimum Gasteiger partial charge on any atom is -0.507 e. The van der Waals surface area contributed by atoms with E-state index in [2.05, 4.69) is 42.2 Å². The van der Waals surface area contributed by atoms with Crippen molar-refractivity contribution >= 4 is 11.0 Å². The second kappa shape index (κ2) is 16.2. The van der Waals surface area contributed by atoms with Gasteiger partial charge in [-0.15, -0.1) is 29.3 Å². The molecule has 4 nitrogen and oxygen atoms in total. The molecule has 0 radical (unpaired) electrons. The van der Waals surface area contributed by atoms with E-state index in [1.165, 1.54) is 0 Å². The van der Waals surface area contributed by atoms with Crippen LogP contribution in [0.5, 0.6) is 5.75 Å². The summed E-state index contributed by atoms with van der Waals surface area (Å²) in [6.07, 6.45) is -0.0210. The van der Waals surface area contributed by atoms with E-state index in [4.69, 9.17) is 25.5 Å². The number of fused-ring (bicyclic) bond motifs is 1. The molecule has 0 fully saturated rings. The number of rotatable bonds is 7. The Balaban J connectivity index is 0.00000820. The molecular weight excluding hydrogens is 902 g/mol. The first-order valence-corrected chi connectivity index (χ1v) is 19.1. The number of phenols is 1. The van der Waals surface area contributed by atoms with Gasteiger partial charge >= 0.3 is 0 Å². The number of aryl methyl sites for hydroxylation is 3. The number of para-hydroxylation sites is 1. The van der Waals surface area contributed by atoms with Crippen molar-refractivity contribution in [1.29, 1.82) is 0 Å². The Kier molecular flexibility index (Phi) is 7.10. The molecule has 0 aliphatic heterocycles. The van der Waals surface area contributed by atoms with Crippen LogP contribution in [0.15, 0.2) is 133 Å². The molecule has 1 N–H and O–H groups in total. The number of nitrogens with zero attached hydrogens (tertiary/aromatic N) is 3. The fourth-order valence-electron chi connectivity index (χ4n) is 7.27. The van der Waals surface area contributed by atoms with E-state index in [1.807, 2.05) is 99.8 Å².